The molecule has 4 heterocycles. The molecule has 212 valence electrons. The van der Waals surface area contributed by atoms with Crippen LogP contribution in [0.2, 0.25) is 0 Å². The third-order valence-corrected chi connectivity index (χ3v) is 7.90. The Morgan fingerprint density at radius 2 is 1.82 bits per heavy atom. The number of aromatic nitrogens is 2. The molecule has 11 heteroatoms. The summed E-state index contributed by atoms with van der Waals surface area (Å²) in [6.07, 6.45) is 0.537. The number of carbonyl (C=O) groups is 1. The van der Waals surface area contributed by atoms with E-state index in [1.807, 2.05) is 13.0 Å². The van der Waals surface area contributed by atoms with Crippen LogP contribution >= 0.6 is 0 Å². The molecule has 2 aliphatic heterocycles. The summed E-state index contributed by atoms with van der Waals surface area (Å²) in [6, 6.07) is 10.1. The van der Waals surface area contributed by atoms with E-state index in [0.717, 1.165) is 49.9 Å². The van der Waals surface area contributed by atoms with Gasteiger partial charge in [0.2, 0.25) is 0 Å². The second-order valence-corrected chi connectivity index (χ2v) is 10.8. The zero-order valence-electron chi connectivity index (χ0n) is 22.2. The van der Waals surface area contributed by atoms with Gasteiger partial charge in [0, 0.05) is 29.1 Å². The highest BCUT2D eigenvalue weighted by molar-refractivity contribution is 5.88. The van der Waals surface area contributed by atoms with E-state index < -0.39 is 12.3 Å². The Hall–Kier alpha value is -3.60. The number of fused-ring (bicyclic) bond motifs is 2. The standard InChI is InChI=1S/C29H30F3N3O5/c1-16-11-23(28(36)37-2)33-25(12-16)35-18-9-10-19(35)14-20(13-18)38-15-22-26(34-40-27(22)17-7-8-17)21-5-3-4-6-24(21)39-29(30,31)32/h3-6,11-12,17-20H,7-10,13-15H2,1-2H3. The summed E-state index contributed by atoms with van der Waals surface area (Å²) >= 11 is 0. The van der Waals surface area contributed by atoms with Crippen LogP contribution < -0.4 is 9.64 Å². The number of halogens is 3. The van der Waals surface area contributed by atoms with Gasteiger partial charge in [0.05, 0.1) is 19.8 Å². The minimum absolute atomic E-state index is 0.0462. The van der Waals surface area contributed by atoms with E-state index in [4.69, 9.17) is 14.0 Å². The number of aryl methyl sites for hydroxylation is 1. The highest BCUT2D eigenvalue weighted by Gasteiger charge is 2.43. The predicted molar refractivity (Wildman–Crippen MR) is 138 cm³/mol. The quantitative estimate of drug-likeness (QED) is 0.297. The number of carbonyl (C=O) groups excluding carboxylic acids is 1. The lowest BCUT2D eigenvalue weighted by Gasteiger charge is -2.40. The van der Waals surface area contributed by atoms with E-state index >= 15 is 0 Å². The molecular weight excluding hydrogens is 527 g/mol. The second-order valence-electron chi connectivity index (χ2n) is 10.8. The number of rotatable bonds is 8. The summed E-state index contributed by atoms with van der Waals surface area (Å²) in [5, 5.41) is 4.18. The maximum Gasteiger partial charge on any atom is 0.573 e. The van der Waals surface area contributed by atoms with Gasteiger partial charge in [0.1, 0.15) is 23.0 Å². The van der Waals surface area contributed by atoms with Crippen molar-refractivity contribution in [2.24, 2.45) is 0 Å². The molecule has 3 fully saturated rings. The van der Waals surface area contributed by atoms with Crippen molar-refractivity contribution < 1.29 is 36.7 Å². The summed E-state index contributed by atoms with van der Waals surface area (Å²) in [5.74, 6) is 0.857. The first kappa shape index (κ1) is 26.6. The molecule has 6 rings (SSSR count). The fourth-order valence-corrected chi connectivity index (χ4v) is 6.04. The maximum atomic E-state index is 13.1. The van der Waals surface area contributed by atoms with Crippen molar-refractivity contribution >= 4 is 11.8 Å². The number of hydrogen-bond donors (Lipinski definition) is 0. The van der Waals surface area contributed by atoms with Gasteiger partial charge >= 0.3 is 12.3 Å². The highest BCUT2D eigenvalue weighted by atomic mass is 19.4. The van der Waals surface area contributed by atoms with Crippen LogP contribution in [0, 0.1) is 6.92 Å². The Labute approximate surface area is 229 Å². The molecule has 40 heavy (non-hydrogen) atoms. The molecule has 3 aliphatic rings. The van der Waals surface area contributed by atoms with Crippen LogP contribution in [0.3, 0.4) is 0 Å². The lowest BCUT2D eigenvalue weighted by atomic mass is 9.99. The van der Waals surface area contributed by atoms with Gasteiger partial charge in [0.25, 0.3) is 0 Å². The summed E-state index contributed by atoms with van der Waals surface area (Å²) in [7, 11) is 1.34. The van der Waals surface area contributed by atoms with Crippen molar-refractivity contribution in [1.82, 2.24) is 10.1 Å². The molecule has 2 bridgehead atoms. The monoisotopic (exact) mass is 557 g/mol. The molecule has 1 saturated carbocycles. The molecule has 0 radical (unpaired) electrons. The predicted octanol–water partition coefficient (Wildman–Crippen LogP) is 6.32. The molecule has 0 amide bonds. The summed E-state index contributed by atoms with van der Waals surface area (Å²) in [4.78, 5) is 19.0. The van der Waals surface area contributed by atoms with Crippen molar-refractivity contribution in [2.45, 2.75) is 82.5 Å². The molecule has 1 aromatic carbocycles. The van der Waals surface area contributed by atoms with E-state index in [1.165, 1.54) is 19.2 Å². The van der Waals surface area contributed by atoms with E-state index in [9.17, 15) is 18.0 Å². The smallest absolute Gasteiger partial charge is 0.464 e. The number of benzene rings is 1. The Kier molecular flexibility index (Phi) is 6.93. The summed E-state index contributed by atoms with van der Waals surface area (Å²) < 4.78 is 60.5. The maximum absolute atomic E-state index is 13.1. The zero-order chi connectivity index (χ0) is 28.0. The van der Waals surface area contributed by atoms with Crippen molar-refractivity contribution in [3.8, 4) is 17.0 Å². The fourth-order valence-electron chi connectivity index (χ4n) is 6.04. The average Bonchev–Trinajstić information content (AvgIpc) is 3.61. The SMILES string of the molecule is COC(=O)c1cc(C)cc(N2C3CCC2CC(OCc2c(-c4ccccc4OC(F)(F)F)noc2C2CC2)C3)n1. The molecule has 2 unspecified atom stereocenters. The van der Waals surface area contributed by atoms with E-state index in [-0.39, 0.29) is 47.7 Å². The molecule has 1 aliphatic carbocycles. The first-order valence-corrected chi connectivity index (χ1v) is 13.5. The number of para-hydroxylation sites is 1. The van der Waals surface area contributed by atoms with Gasteiger partial charge in [-0.25, -0.2) is 9.78 Å². The normalized spacial score (nSPS) is 22.4. The zero-order valence-corrected chi connectivity index (χ0v) is 22.2. The third-order valence-electron chi connectivity index (χ3n) is 7.90. The lowest BCUT2D eigenvalue weighted by molar-refractivity contribution is -0.274. The molecular formula is C29H30F3N3O5. The van der Waals surface area contributed by atoms with Crippen LogP contribution in [-0.4, -0.2) is 47.8 Å². The van der Waals surface area contributed by atoms with Crippen LogP contribution in [0.1, 0.15) is 71.8 Å². The van der Waals surface area contributed by atoms with Gasteiger partial charge in [-0.15, -0.1) is 13.2 Å². The Morgan fingerprint density at radius 1 is 1.10 bits per heavy atom. The number of ether oxygens (including phenoxy) is 3. The minimum Gasteiger partial charge on any atom is -0.464 e. The van der Waals surface area contributed by atoms with Crippen molar-refractivity contribution in [3.63, 3.8) is 0 Å². The van der Waals surface area contributed by atoms with Gasteiger partial charge in [0.15, 0.2) is 5.69 Å². The third kappa shape index (κ3) is 5.39. The van der Waals surface area contributed by atoms with Crippen LogP contribution in [0.5, 0.6) is 5.75 Å². The number of alkyl halides is 3. The Bertz CT molecular complexity index is 1390. The van der Waals surface area contributed by atoms with Crippen molar-refractivity contribution in [1.29, 1.82) is 0 Å². The number of esters is 1. The lowest BCUT2D eigenvalue weighted by Crippen LogP contribution is -2.46. The van der Waals surface area contributed by atoms with E-state index in [1.54, 1.807) is 18.2 Å². The van der Waals surface area contributed by atoms with Gasteiger partial charge in [-0.05, 0) is 75.3 Å². The van der Waals surface area contributed by atoms with Crippen molar-refractivity contribution in [2.75, 3.05) is 12.0 Å². The number of pyridine rings is 1. The topological polar surface area (TPSA) is 86.9 Å². The van der Waals surface area contributed by atoms with Gasteiger partial charge in [-0.3, -0.25) is 0 Å². The van der Waals surface area contributed by atoms with E-state index in [2.05, 4.69) is 19.8 Å². The van der Waals surface area contributed by atoms with Gasteiger partial charge < -0.3 is 23.6 Å². The van der Waals surface area contributed by atoms with Crippen LogP contribution in [0.25, 0.3) is 11.3 Å². The number of methoxy groups -OCH3 is 1. The molecule has 2 saturated heterocycles. The average molecular weight is 558 g/mol. The molecule has 3 aromatic rings. The molecule has 2 aromatic heterocycles. The summed E-state index contributed by atoms with van der Waals surface area (Å²) in [5.41, 5.74) is 2.44. The fraction of sp³-hybridized carbons (Fsp3) is 0.483. The second kappa shape index (κ2) is 10.4. The largest absolute Gasteiger partial charge is 0.573 e. The minimum atomic E-state index is -4.83. The number of piperidine rings is 1. The van der Waals surface area contributed by atoms with Crippen LogP contribution in [0.15, 0.2) is 40.9 Å². The van der Waals surface area contributed by atoms with Crippen LogP contribution in [0.4, 0.5) is 19.0 Å². The number of hydrogen-bond acceptors (Lipinski definition) is 8. The van der Waals surface area contributed by atoms with Gasteiger partial charge in [-0.1, -0.05) is 17.3 Å². The number of nitrogens with zero attached hydrogens (tertiary/aromatic N) is 3. The summed E-state index contributed by atoms with van der Waals surface area (Å²) in [6.45, 7) is 2.12. The molecule has 8 nitrogen and oxygen atoms in total. The Balaban J connectivity index is 1.20. The molecule has 2 atom stereocenters. The van der Waals surface area contributed by atoms with Gasteiger partial charge in [-0.2, -0.15) is 0 Å². The van der Waals surface area contributed by atoms with E-state index in [0.29, 0.717) is 17.0 Å². The highest BCUT2D eigenvalue weighted by Crippen LogP contribution is 2.46. The van der Waals surface area contributed by atoms with Crippen molar-refractivity contribution in [3.05, 3.63) is 59.0 Å². The first-order valence-electron chi connectivity index (χ1n) is 13.5. The van der Waals surface area contributed by atoms with Crippen LogP contribution in [-0.2, 0) is 16.1 Å². The molecule has 0 spiro atoms. The Morgan fingerprint density at radius 3 is 2.50 bits per heavy atom. The first-order chi connectivity index (χ1) is 19.2. The molecule has 0 N–H and O–H groups in total. The number of anilines is 1.